The predicted molar refractivity (Wildman–Crippen MR) is 63.6 cm³/mol. The Morgan fingerprint density at radius 1 is 1.41 bits per heavy atom. The van der Waals surface area contributed by atoms with E-state index in [4.69, 9.17) is 4.74 Å². The second-order valence-corrected chi connectivity index (χ2v) is 3.57. The standard InChI is InChI=1S/C13H16O4/c1-3-4-7-17-12-8-10(9-14)5-6-11(12)13(15)16-2/h5-6,8-9H,3-4,7H2,1-2H3. The van der Waals surface area contributed by atoms with Gasteiger partial charge in [0.2, 0.25) is 0 Å². The first kappa shape index (κ1) is 13.2. The van der Waals surface area contributed by atoms with Crippen molar-refractivity contribution in [2.24, 2.45) is 0 Å². The molecule has 1 aromatic carbocycles. The number of benzene rings is 1. The van der Waals surface area contributed by atoms with Gasteiger partial charge in [0.15, 0.2) is 0 Å². The van der Waals surface area contributed by atoms with Gasteiger partial charge in [-0.1, -0.05) is 19.4 Å². The van der Waals surface area contributed by atoms with Gasteiger partial charge in [0.1, 0.15) is 17.6 Å². The van der Waals surface area contributed by atoms with Crippen LogP contribution in [0.4, 0.5) is 0 Å². The Kier molecular flexibility index (Phi) is 5.20. The van der Waals surface area contributed by atoms with E-state index in [9.17, 15) is 9.59 Å². The van der Waals surface area contributed by atoms with Crippen LogP contribution in [-0.2, 0) is 4.74 Å². The molecule has 0 heterocycles. The maximum atomic E-state index is 11.5. The molecule has 0 spiro atoms. The molecule has 0 aromatic heterocycles. The number of unbranched alkanes of at least 4 members (excludes halogenated alkanes) is 1. The van der Waals surface area contributed by atoms with E-state index >= 15 is 0 Å². The molecule has 17 heavy (non-hydrogen) atoms. The monoisotopic (exact) mass is 236 g/mol. The molecule has 1 aromatic rings. The third kappa shape index (κ3) is 3.59. The van der Waals surface area contributed by atoms with Crippen LogP contribution in [0.15, 0.2) is 18.2 Å². The van der Waals surface area contributed by atoms with Crippen LogP contribution >= 0.6 is 0 Å². The molecule has 0 bridgehead atoms. The molecule has 0 aliphatic carbocycles. The highest BCUT2D eigenvalue weighted by atomic mass is 16.5. The molecule has 0 unspecified atom stereocenters. The normalized spacial score (nSPS) is 9.76. The number of hydrogen-bond donors (Lipinski definition) is 0. The van der Waals surface area contributed by atoms with E-state index in [0.717, 1.165) is 12.8 Å². The van der Waals surface area contributed by atoms with E-state index in [1.807, 2.05) is 6.92 Å². The fraction of sp³-hybridized carbons (Fsp3) is 0.385. The summed E-state index contributed by atoms with van der Waals surface area (Å²) in [6, 6.07) is 4.65. The highest BCUT2D eigenvalue weighted by molar-refractivity contribution is 5.93. The first-order chi connectivity index (χ1) is 8.22. The van der Waals surface area contributed by atoms with Gasteiger partial charge in [0.25, 0.3) is 0 Å². The van der Waals surface area contributed by atoms with Gasteiger partial charge in [-0.2, -0.15) is 0 Å². The van der Waals surface area contributed by atoms with E-state index < -0.39 is 5.97 Å². The summed E-state index contributed by atoms with van der Waals surface area (Å²) >= 11 is 0. The highest BCUT2D eigenvalue weighted by Crippen LogP contribution is 2.21. The minimum atomic E-state index is -0.464. The number of carbonyl (C=O) groups is 2. The second-order valence-electron chi connectivity index (χ2n) is 3.57. The Hall–Kier alpha value is -1.84. The van der Waals surface area contributed by atoms with Crippen molar-refractivity contribution in [2.75, 3.05) is 13.7 Å². The van der Waals surface area contributed by atoms with Gasteiger partial charge in [-0.15, -0.1) is 0 Å². The van der Waals surface area contributed by atoms with E-state index in [2.05, 4.69) is 4.74 Å². The number of rotatable bonds is 6. The number of esters is 1. The summed E-state index contributed by atoms with van der Waals surface area (Å²) in [5, 5.41) is 0. The lowest BCUT2D eigenvalue weighted by Crippen LogP contribution is -2.07. The number of aldehydes is 1. The summed E-state index contributed by atoms with van der Waals surface area (Å²) in [4.78, 5) is 22.1. The average molecular weight is 236 g/mol. The summed E-state index contributed by atoms with van der Waals surface area (Å²) in [6.07, 6.45) is 2.61. The van der Waals surface area contributed by atoms with E-state index in [-0.39, 0.29) is 0 Å². The van der Waals surface area contributed by atoms with Crippen molar-refractivity contribution in [1.29, 1.82) is 0 Å². The molecule has 0 radical (unpaired) electrons. The topological polar surface area (TPSA) is 52.6 Å². The number of methoxy groups -OCH3 is 1. The Bertz CT molecular complexity index is 398. The molecule has 0 fully saturated rings. The van der Waals surface area contributed by atoms with Crippen LogP contribution in [-0.4, -0.2) is 26.0 Å². The molecular formula is C13H16O4. The number of hydrogen-bond acceptors (Lipinski definition) is 4. The maximum absolute atomic E-state index is 11.5. The molecular weight excluding hydrogens is 220 g/mol. The maximum Gasteiger partial charge on any atom is 0.341 e. The van der Waals surface area contributed by atoms with Gasteiger partial charge >= 0.3 is 5.97 Å². The first-order valence-electron chi connectivity index (χ1n) is 5.53. The summed E-state index contributed by atoms with van der Waals surface area (Å²) in [7, 11) is 1.31. The van der Waals surface area contributed by atoms with Gasteiger partial charge in [-0.25, -0.2) is 4.79 Å². The van der Waals surface area contributed by atoms with Crippen LogP contribution in [0.5, 0.6) is 5.75 Å². The van der Waals surface area contributed by atoms with Crippen LogP contribution < -0.4 is 4.74 Å². The molecule has 0 N–H and O–H groups in total. The Balaban J connectivity index is 2.94. The van der Waals surface area contributed by atoms with Crippen LogP contribution in [0.25, 0.3) is 0 Å². The van der Waals surface area contributed by atoms with Gasteiger partial charge in [0, 0.05) is 5.56 Å². The van der Waals surface area contributed by atoms with E-state index in [1.54, 1.807) is 12.1 Å². The highest BCUT2D eigenvalue weighted by Gasteiger charge is 2.13. The molecule has 0 aliphatic rings. The molecule has 0 saturated carbocycles. The van der Waals surface area contributed by atoms with Gasteiger partial charge in [-0.05, 0) is 18.6 Å². The quantitative estimate of drug-likeness (QED) is 0.432. The van der Waals surface area contributed by atoms with E-state index in [1.165, 1.54) is 13.2 Å². The summed E-state index contributed by atoms with van der Waals surface area (Å²) in [5.41, 5.74) is 0.818. The summed E-state index contributed by atoms with van der Waals surface area (Å²) in [5.74, 6) is -0.0659. The molecule has 0 atom stereocenters. The third-order valence-corrected chi connectivity index (χ3v) is 2.30. The lowest BCUT2D eigenvalue weighted by Gasteiger charge is -2.10. The largest absolute Gasteiger partial charge is 0.493 e. The molecule has 4 heteroatoms. The summed E-state index contributed by atoms with van der Waals surface area (Å²) in [6.45, 7) is 2.56. The Morgan fingerprint density at radius 2 is 2.18 bits per heavy atom. The van der Waals surface area contributed by atoms with Crippen molar-refractivity contribution in [1.82, 2.24) is 0 Å². The van der Waals surface area contributed by atoms with Crippen LogP contribution in [0.3, 0.4) is 0 Å². The zero-order valence-electron chi connectivity index (χ0n) is 10.1. The predicted octanol–water partition coefficient (Wildman–Crippen LogP) is 2.46. The molecule has 1 rings (SSSR count). The SMILES string of the molecule is CCCCOc1cc(C=O)ccc1C(=O)OC. The van der Waals surface area contributed by atoms with Crippen molar-refractivity contribution in [3.05, 3.63) is 29.3 Å². The van der Waals surface area contributed by atoms with Gasteiger partial charge in [-0.3, -0.25) is 4.79 Å². The molecule has 0 aliphatic heterocycles. The number of carbonyl (C=O) groups excluding carboxylic acids is 2. The Labute approximate surface area is 101 Å². The van der Waals surface area contributed by atoms with Crippen molar-refractivity contribution in [3.8, 4) is 5.75 Å². The van der Waals surface area contributed by atoms with Crippen molar-refractivity contribution >= 4 is 12.3 Å². The third-order valence-electron chi connectivity index (χ3n) is 2.30. The minimum Gasteiger partial charge on any atom is -0.493 e. The van der Waals surface area contributed by atoms with Gasteiger partial charge in [0.05, 0.1) is 13.7 Å². The summed E-state index contributed by atoms with van der Waals surface area (Å²) < 4.78 is 10.1. The molecule has 92 valence electrons. The van der Waals surface area contributed by atoms with Crippen LogP contribution in [0, 0.1) is 0 Å². The second kappa shape index (κ2) is 6.68. The molecule has 0 amide bonds. The zero-order valence-corrected chi connectivity index (χ0v) is 10.1. The lowest BCUT2D eigenvalue weighted by atomic mass is 10.1. The minimum absolute atomic E-state index is 0.342. The van der Waals surface area contributed by atoms with Crippen LogP contribution in [0.2, 0.25) is 0 Å². The fourth-order valence-corrected chi connectivity index (χ4v) is 1.34. The average Bonchev–Trinajstić information content (AvgIpc) is 2.38. The smallest absolute Gasteiger partial charge is 0.341 e. The molecule has 4 nitrogen and oxygen atoms in total. The Morgan fingerprint density at radius 3 is 2.76 bits per heavy atom. The van der Waals surface area contributed by atoms with Gasteiger partial charge < -0.3 is 9.47 Å². The van der Waals surface area contributed by atoms with E-state index in [0.29, 0.717) is 29.8 Å². The lowest BCUT2D eigenvalue weighted by molar-refractivity contribution is 0.0595. The number of ether oxygens (including phenoxy) is 2. The van der Waals surface area contributed by atoms with Crippen molar-refractivity contribution < 1.29 is 19.1 Å². The molecule has 0 saturated heterocycles. The van der Waals surface area contributed by atoms with Crippen molar-refractivity contribution in [2.45, 2.75) is 19.8 Å². The first-order valence-corrected chi connectivity index (χ1v) is 5.53. The van der Waals surface area contributed by atoms with Crippen LogP contribution in [0.1, 0.15) is 40.5 Å². The zero-order chi connectivity index (χ0) is 12.7. The van der Waals surface area contributed by atoms with Crippen molar-refractivity contribution in [3.63, 3.8) is 0 Å². The fourth-order valence-electron chi connectivity index (χ4n) is 1.34.